The summed E-state index contributed by atoms with van der Waals surface area (Å²) < 4.78 is 0. The van der Waals surface area contributed by atoms with Gasteiger partial charge in [-0.3, -0.25) is 9.59 Å². The highest BCUT2D eigenvalue weighted by Gasteiger charge is 2.21. The molecule has 1 fully saturated rings. The zero-order valence-corrected chi connectivity index (χ0v) is 14.1. The molecular formula is C20H23N3O2. The van der Waals surface area contributed by atoms with E-state index in [1.165, 1.54) is 0 Å². The molecule has 0 atom stereocenters. The first-order chi connectivity index (χ1) is 12.2. The van der Waals surface area contributed by atoms with Crippen molar-refractivity contribution in [1.82, 2.24) is 10.6 Å². The fourth-order valence-electron chi connectivity index (χ4n) is 2.95. The third kappa shape index (κ3) is 4.90. The second kappa shape index (κ2) is 8.44. The summed E-state index contributed by atoms with van der Waals surface area (Å²) in [7, 11) is 0. The average Bonchev–Trinajstić information content (AvgIpc) is 2.68. The van der Waals surface area contributed by atoms with Gasteiger partial charge in [0, 0.05) is 23.7 Å². The number of amides is 2. The molecular weight excluding hydrogens is 314 g/mol. The second-order valence-electron chi connectivity index (χ2n) is 6.26. The number of hydrogen-bond donors (Lipinski definition) is 3. The van der Waals surface area contributed by atoms with Crippen molar-refractivity contribution >= 4 is 17.5 Å². The number of piperidine rings is 1. The van der Waals surface area contributed by atoms with Gasteiger partial charge in [-0.2, -0.15) is 0 Å². The number of carbonyl (C=O) groups excluding carboxylic acids is 2. The summed E-state index contributed by atoms with van der Waals surface area (Å²) in [6.07, 6.45) is 1.70. The summed E-state index contributed by atoms with van der Waals surface area (Å²) in [5, 5.41) is 9.09. The van der Waals surface area contributed by atoms with Crippen LogP contribution in [0.1, 0.15) is 28.8 Å². The number of benzene rings is 2. The largest absolute Gasteiger partial charge is 0.348 e. The van der Waals surface area contributed by atoms with Gasteiger partial charge in [0.25, 0.3) is 5.91 Å². The predicted molar refractivity (Wildman–Crippen MR) is 98.3 cm³/mol. The highest BCUT2D eigenvalue weighted by atomic mass is 16.2. The predicted octanol–water partition coefficient (Wildman–Crippen LogP) is 2.55. The summed E-state index contributed by atoms with van der Waals surface area (Å²) in [6.45, 7) is 2.23. The minimum absolute atomic E-state index is 0.0309. The zero-order chi connectivity index (χ0) is 17.5. The summed E-state index contributed by atoms with van der Waals surface area (Å²) in [5.41, 5.74) is 2.25. The molecule has 2 aromatic rings. The molecule has 0 radical (unpaired) electrons. The Kier molecular flexibility index (Phi) is 5.80. The van der Waals surface area contributed by atoms with Crippen LogP contribution < -0.4 is 16.0 Å². The number of hydrogen-bond acceptors (Lipinski definition) is 3. The Morgan fingerprint density at radius 2 is 1.76 bits per heavy atom. The molecule has 1 aliphatic heterocycles. The Balaban J connectivity index is 1.58. The lowest BCUT2D eigenvalue weighted by Gasteiger charge is -2.21. The van der Waals surface area contributed by atoms with Gasteiger partial charge in [0.15, 0.2) is 0 Å². The third-order valence-electron chi connectivity index (χ3n) is 4.40. The van der Waals surface area contributed by atoms with E-state index in [-0.39, 0.29) is 17.7 Å². The van der Waals surface area contributed by atoms with Gasteiger partial charge >= 0.3 is 0 Å². The topological polar surface area (TPSA) is 70.2 Å². The fraction of sp³-hybridized carbons (Fsp3) is 0.300. The summed E-state index contributed by atoms with van der Waals surface area (Å²) >= 11 is 0. The molecule has 5 nitrogen and oxygen atoms in total. The quantitative estimate of drug-likeness (QED) is 0.785. The molecule has 0 unspecified atom stereocenters. The van der Waals surface area contributed by atoms with Crippen molar-refractivity contribution in [2.45, 2.75) is 19.4 Å². The Bertz CT molecular complexity index is 725. The Morgan fingerprint density at radius 1 is 1.00 bits per heavy atom. The zero-order valence-electron chi connectivity index (χ0n) is 14.1. The van der Waals surface area contributed by atoms with Crippen molar-refractivity contribution in [3.8, 4) is 0 Å². The van der Waals surface area contributed by atoms with Crippen LogP contribution in [-0.2, 0) is 11.3 Å². The molecule has 0 bridgehead atoms. The molecule has 0 spiro atoms. The van der Waals surface area contributed by atoms with Crippen LogP contribution >= 0.6 is 0 Å². The standard InChI is InChI=1S/C20H23N3O2/c24-19(22-14-15-5-2-1-3-6-15)17-7-4-8-18(13-17)23-20(25)16-9-11-21-12-10-16/h1-8,13,16,21H,9-12,14H2,(H,22,24)(H,23,25). The minimum atomic E-state index is -0.151. The van der Waals surface area contributed by atoms with E-state index in [1.54, 1.807) is 18.2 Å². The van der Waals surface area contributed by atoms with Gasteiger partial charge in [-0.15, -0.1) is 0 Å². The van der Waals surface area contributed by atoms with Crippen molar-refractivity contribution < 1.29 is 9.59 Å². The van der Waals surface area contributed by atoms with Crippen molar-refractivity contribution in [2.75, 3.05) is 18.4 Å². The normalized spacial score (nSPS) is 14.7. The van der Waals surface area contributed by atoms with Gasteiger partial charge < -0.3 is 16.0 Å². The van der Waals surface area contributed by atoms with Gasteiger partial charge in [0.1, 0.15) is 0 Å². The molecule has 3 N–H and O–H groups in total. The van der Waals surface area contributed by atoms with Crippen molar-refractivity contribution in [1.29, 1.82) is 0 Å². The fourth-order valence-corrected chi connectivity index (χ4v) is 2.95. The average molecular weight is 337 g/mol. The van der Waals surface area contributed by atoms with Crippen molar-refractivity contribution in [3.05, 3.63) is 65.7 Å². The maximum atomic E-state index is 12.3. The van der Waals surface area contributed by atoms with E-state index in [0.717, 1.165) is 31.5 Å². The van der Waals surface area contributed by atoms with Gasteiger partial charge in [0.2, 0.25) is 5.91 Å². The van der Waals surface area contributed by atoms with E-state index in [1.807, 2.05) is 36.4 Å². The molecule has 25 heavy (non-hydrogen) atoms. The number of nitrogens with one attached hydrogen (secondary N) is 3. The molecule has 1 heterocycles. The molecule has 2 amide bonds. The smallest absolute Gasteiger partial charge is 0.251 e. The summed E-state index contributed by atoms with van der Waals surface area (Å²) in [4.78, 5) is 24.6. The van der Waals surface area contributed by atoms with E-state index in [9.17, 15) is 9.59 Å². The van der Waals surface area contributed by atoms with E-state index in [4.69, 9.17) is 0 Å². The van der Waals surface area contributed by atoms with Gasteiger partial charge in [-0.25, -0.2) is 0 Å². The molecule has 1 saturated heterocycles. The minimum Gasteiger partial charge on any atom is -0.348 e. The van der Waals surface area contributed by atoms with Gasteiger partial charge in [-0.05, 0) is 49.7 Å². The SMILES string of the molecule is O=C(NCc1ccccc1)c1cccc(NC(=O)C2CCNCC2)c1. The molecule has 0 aliphatic carbocycles. The number of anilines is 1. The van der Waals surface area contributed by atoms with E-state index >= 15 is 0 Å². The van der Waals surface area contributed by atoms with Crippen LogP contribution in [0.3, 0.4) is 0 Å². The van der Waals surface area contributed by atoms with Crippen molar-refractivity contribution in [3.63, 3.8) is 0 Å². The molecule has 3 rings (SSSR count). The van der Waals surface area contributed by atoms with Crippen LogP contribution in [0.2, 0.25) is 0 Å². The van der Waals surface area contributed by atoms with E-state index in [2.05, 4.69) is 16.0 Å². The Morgan fingerprint density at radius 3 is 2.52 bits per heavy atom. The first-order valence-electron chi connectivity index (χ1n) is 8.66. The molecule has 5 heteroatoms. The summed E-state index contributed by atoms with van der Waals surface area (Å²) in [6, 6.07) is 16.8. The maximum Gasteiger partial charge on any atom is 0.251 e. The van der Waals surface area contributed by atoms with Crippen molar-refractivity contribution in [2.24, 2.45) is 5.92 Å². The molecule has 0 aromatic heterocycles. The molecule has 0 saturated carbocycles. The molecule has 1 aliphatic rings. The highest BCUT2D eigenvalue weighted by Crippen LogP contribution is 2.16. The Hall–Kier alpha value is -2.66. The maximum absolute atomic E-state index is 12.3. The first-order valence-corrected chi connectivity index (χ1v) is 8.66. The van der Waals surface area contributed by atoms with Crippen LogP contribution in [0.15, 0.2) is 54.6 Å². The van der Waals surface area contributed by atoms with Crippen LogP contribution in [-0.4, -0.2) is 24.9 Å². The van der Waals surface area contributed by atoms with Crippen LogP contribution in [0.5, 0.6) is 0 Å². The van der Waals surface area contributed by atoms with Crippen LogP contribution in [0.4, 0.5) is 5.69 Å². The van der Waals surface area contributed by atoms with Gasteiger partial charge in [0.05, 0.1) is 0 Å². The Labute approximate surface area is 147 Å². The lowest BCUT2D eigenvalue weighted by Crippen LogP contribution is -2.34. The first kappa shape index (κ1) is 17.2. The lowest BCUT2D eigenvalue weighted by molar-refractivity contribution is -0.120. The van der Waals surface area contributed by atoms with Crippen LogP contribution in [0.25, 0.3) is 0 Å². The highest BCUT2D eigenvalue weighted by molar-refractivity contribution is 5.97. The lowest BCUT2D eigenvalue weighted by atomic mass is 9.97. The molecule has 2 aromatic carbocycles. The van der Waals surface area contributed by atoms with E-state index < -0.39 is 0 Å². The molecule has 130 valence electrons. The van der Waals surface area contributed by atoms with Crippen LogP contribution in [0, 0.1) is 5.92 Å². The van der Waals surface area contributed by atoms with E-state index in [0.29, 0.717) is 17.8 Å². The third-order valence-corrected chi connectivity index (χ3v) is 4.40. The number of carbonyl (C=O) groups is 2. The second-order valence-corrected chi connectivity index (χ2v) is 6.26. The van der Waals surface area contributed by atoms with Gasteiger partial charge in [-0.1, -0.05) is 36.4 Å². The number of rotatable bonds is 5. The monoisotopic (exact) mass is 337 g/mol. The summed E-state index contributed by atoms with van der Waals surface area (Å²) in [5.74, 6) is -0.0815.